The molecule has 0 aliphatic rings. The normalized spacial score (nSPS) is 11.2. The van der Waals surface area contributed by atoms with Crippen LogP contribution in [0.25, 0.3) is 0 Å². The van der Waals surface area contributed by atoms with Gasteiger partial charge in [0, 0.05) is 17.1 Å². The standard InChI is InChI=1S/C15H11ClF3NO/c16-9-11-8-12(15(17,18)19)6-7-13(11)20-14(21)10-4-2-1-3-5-10/h1-8H,9H2,(H,20,21). The first-order valence-electron chi connectivity index (χ1n) is 6.04. The van der Waals surface area contributed by atoms with Crippen LogP contribution >= 0.6 is 11.6 Å². The van der Waals surface area contributed by atoms with Crippen molar-refractivity contribution in [2.45, 2.75) is 12.1 Å². The minimum Gasteiger partial charge on any atom is -0.322 e. The van der Waals surface area contributed by atoms with Gasteiger partial charge in [0.15, 0.2) is 0 Å². The van der Waals surface area contributed by atoms with Crippen LogP contribution in [0, 0.1) is 0 Å². The van der Waals surface area contributed by atoms with Crippen LogP contribution in [0.2, 0.25) is 0 Å². The first-order chi connectivity index (χ1) is 9.91. The number of halogens is 4. The van der Waals surface area contributed by atoms with Crippen LogP contribution in [-0.4, -0.2) is 5.91 Å². The van der Waals surface area contributed by atoms with Gasteiger partial charge in [-0.05, 0) is 35.9 Å². The Kier molecular flexibility index (Phi) is 4.53. The molecular formula is C15H11ClF3NO. The maximum absolute atomic E-state index is 12.6. The number of hydrogen-bond donors (Lipinski definition) is 1. The smallest absolute Gasteiger partial charge is 0.322 e. The summed E-state index contributed by atoms with van der Waals surface area (Å²) in [6, 6.07) is 11.4. The lowest BCUT2D eigenvalue weighted by molar-refractivity contribution is -0.137. The fourth-order valence-corrected chi connectivity index (χ4v) is 2.01. The lowest BCUT2D eigenvalue weighted by atomic mass is 10.1. The van der Waals surface area contributed by atoms with Gasteiger partial charge in [0.1, 0.15) is 0 Å². The molecule has 2 nitrogen and oxygen atoms in total. The molecule has 2 rings (SSSR count). The largest absolute Gasteiger partial charge is 0.416 e. The van der Waals surface area contributed by atoms with Gasteiger partial charge >= 0.3 is 6.18 Å². The fourth-order valence-electron chi connectivity index (χ4n) is 1.79. The minimum absolute atomic E-state index is 0.131. The zero-order valence-corrected chi connectivity index (χ0v) is 11.5. The molecule has 1 amide bonds. The molecule has 110 valence electrons. The van der Waals surface area contributed by atoms with E-state index >= 15 is 0 Å². The quantitative estimate of drug-likeness (QED) is 0.818. The van der Waals surface area contributed by atoms with E-state index in [1.807, 2.05) is 0 Å². The van der Waals surface area contributed by atoms with Crippen molar-refractivity contribution >= 4 is 23.2 Å². The third-order valence-corrected chi connectivity index (χ3v) is 3.15. The van der Waals surface area contributed by atoms with Gasteiger partial charge in [-0.15, -0.1) is 11.6 Å². The first kappa shape index (κ1) is 15.4. The van der Waals surface area contributed by atoms with E-state index in [1.165, 1.54) is 6.07 Å². The highest BCUT2D eigenvalue weighted by atomic mass is 35.5. The van der Waals surface area contributed by atoms with Gasteiger partial charge in [-0.25, -0.2) is 0 Å². The summed E-state index contributed by atoms with van der Waals surface area (Å²) in [5.41, 5.74) is 0.108. The Morgan fingerprint density at radius 3 is 2.33 bits per heavy atom. The van der Waals surface area contributed by atoms with Crippen molar-refractivity contribution in [2.75, 3.05) is 5.32 Å². The molecule has 0 heterocycles. The second-order valence-corrected chi connectivity index (χ2v) is 4.59. The molecule has 0 saturated carbocycles. The zero-order chi connectivity index (χ0) is 15.5. The molecule has 0 aliphatic carbocycles. The number of carbonyl (C=O) groups excluding carboxylic acids is 1. The molecule has 2 aromatic rings. The molecular weight excluding hydrogens is 303 g/mol. The van der Waals surface area contributed by atoms with Crippen LogP contribution < -0.4 is 5.32 Å². The number of alkyl halides is 4. The molecule has 0 saturated heterocycles. The number of benzene rings is 2. The van der Waals surface area contributed by atoms with Gasteiger partial charge in [-0.2, -0.15) is 13.2 Å². The lowest BCUT2D eigenvalue weighted by Gasteiger charge is -2.13. The maximum atomic E-state index is 12.6. The van der Waals surface area contributed by atoms with Crippen molar-refractivity contribution in [3.8, 4) is 0 Å². The molecule has 0 fully saturated rings. The maximum Gasteiger partial charge on any atom is 0.416 e. The summed E-state index contributed by atoms with van der Waals surface area (Å²) < 4.78 is 37.9. The highest BCUT2D eigenvalue weighted by Crippen LogP contribution is 2.32. The van der Waals surface area contributed by atoms with Gasteiger partial charge in [0.25, 0.3) is 5.91 Å². The Balaban J connectivity index is 2.26. The van der Waals surface area contributed by atoms with Gasteiger partial charge in [0.05, 0.1) is 5.56 Å². The number of carbonyl (C=O) groups is 1. The van der Waals surface area contributed by atoms with Crippen molar-refractivity contribution in [3.63, 3.8) is 0 Å². The zero-order valence-electron chi connectivity index (χ0n) is 10.7. The topological polar surface area (TPSA) is 29.1 Å². The first-order valence-corrected chi connectivity index (χ1v) is 6.58. The average Bonchev–Trinajstić information content (AvgIpc) is 2.47. The third-order valence-electron chi connectivity index (χ3n) is 2.86. The van der Waals surface area contributed by atoms with Gasteiger partial charge < -0.3 is 5.32 Å². The van der Waals surface area contributed by atoms with E-state index in [2.05, 4.69) is 5.32 Å². The van der Waals surface area contributed by atoms with Crippen LogP contribution in [0.1, 0.15) is 21.5 Å². The second kappa shape index (κ2) is 6.18. The Bertz CT molecular complexity index is 641. The fraction of sp³-hybridized carbons (Fsp3) is 0.133. The summed E-state index contributed by atoms with van der Waals surface area (Å²) in [6.45, 7) is 0. The van der Waals surface area contributed by atoms with Crippen LogP contribution in [-0.2, 0) is 12.1 Å². The molecule has 6 heteroatoms. The SMILES string of the molecule is O=C(Nc1ccc(C(F)(F)F)cc1CCl)c1ccccc1. The molecule has 0 atom stereocenters. The van der Waals surface area contributed by atoms with Gasteiger partial charge in [-0.3, -0.25) is 4.79 Å². The molecule has 0 aromatic heterocycles. The highest BCUT2D eigenvalue weighted by molar-refractivity contribution is 6.17. The van der Waals surface area contributed by atoms with Crippen molar-refractivity contribution in [1.82, 2.24) is 0 Å². The number of nitrogens with one attached hydrogen (secondary N) is 1. The highest BCUT2D eigenvalue weighted by Gasteiger charge is 2.31. The third kappa shape index (κ3) is 3.76. The van der Waals surface area contributed by atoms with Crippen LogP contribution in [0.15, 0.2) is 48.5 Å². The van der Waals surface area contributed by atoms with Gasteiger partial charge in [-0.1, -0.05) is 18.2 Å². The van der Waals surface area contributed by atoms with Crippen LogP contribution in [0.4, 0.5) is 18.9 Å². The predicted molar refractivity (Wildman–Crippen MR) is 75.4 cm³/mol. The minimum atomic E-state index is -4.44. The Labute approximate surface area is 124 Å². The van der Waals surface area contributed by atoms with E-state index in [0.29, 0.717) is 5.56 Å². The Morgan fingerprint density at radius 2 is 1.76 bits per heavy atom. The molecule has 0 aliphatic heterocycles. The van der Waals surface area contributed by atoms with Crippen molar-refractivity contribution in [1.29, 1.82) is 0 Å². The van der Waals surface area contributed by atoms with Crippen molar-refractivity contribution < 1.29 is 18.0 Å². The Hall–Kier alpha value is -2.01. The van der Waals surface area contributed by atoms with E-state index in [9.17, 15) is 18.0 Å². The molecule has 1 N–H and O–H groups in total. The van der Waals surface area contributed by atoms with E-state index in [-0.39, 0.29) is 17.1 Å². The number of hydrogen-bond acceptors (Lipinski definition) is 1. The second-order valence-electron chi connectivity index (χ2n) is 4.32. The summed E-state index contributed by atoms with van der Waals surface area (Å²) in [7, 11) is 0. The number of amides is 1. The average molecular weight is 314 g/mol. The lowest BCUT2D eigenvalue weighted by Crippen LogP contribution is -2.14. The summed E-state index contributed by atoms with van der Waals surface area (Å²) in [5, 5.41) is 2.57. The number of anilines is 1. The van der Waals surface area contributed by atoms with E-state index in [1.54, 1.807) is 30.3 Å². The summed E-state index contributed by atoms with van der Waals surface area (Å²) in [5.74, 6) is -0.532. The van der Waals surface area contributed by atoms with Gasteiger partial charge in [0.2, 0.25) is 0 Å². The Morgan fingerprint density at radius 1 is 1.10 bits per heavy atom. The van der Waals surface area contributed by atoms with E-state index in [4.69, 9.17) is 11.6 Å². The molecule has 0 unspecified atom stereocenters. The molecule has 0 spiro atoms. The molecule has 21 heavy (non-hydrogen) atoms. The summed E-state index contributed by atoms with van der Waals surface area (Å²) in [4.78, 5) is 12.0. The molecule has 2 aromatic carbocycles. The van der Waals surface area contributed by atoms with Crippen LogP contribution in [0.5, 0.6) is 0 Å². The van der Waals surface area contributed by atoms with Crippen LogP contribution in [0.3, 0.4) is 0 Å². The summed E-state index contributed by atoms with van der Waals surface area (Å²) >= 11 is 5.66. The molecule has 0 bridgehead atoms. The predicted octanol–water partition coefficient (Wildman–Crippen LogP) is 4.70. The van der Waals surface area contributed by atoms with Crippen molar-refractivity contribution in [3.05, 3.63) is 65.2 Å². The molecule has 0 radical (unpaired) electrons. The van der Waals surface area contributed by atoms with E-state index < -0.39 is 17.6 Å². The van der Waals surface area contributed by atoms with E-state index in [0.717, 1.165) is 12.1 Å². The monoisotopic (exact) mass is 313 g/mol. The van der Waals surface area contributed by atoms with Crippen molar-refractivity contribution in [2.24, 2.45) is 0 Å². The summed E-state index contributed by atoms with van der Waals surface area (Å²) in [6.07, 6.45) is -4.44. The number of rotatable bonds is 3.